The van der Waals surface area contributed by atoms with E-state index in [0.29, 0.717) is 62.8 Å². The molecule has 0 amide bonds. The predicted octanol–water partition coefficient (Wildman–Crippen LogP) is 10.0. The first-order chi connectivity index (χ1) is 26.3. The topological polar surface area (TPSA) is 102 Å². The number of esters is 1. The Morgan fingerprint density at radius 2 is 1.58 bits per heavy atom. The lowest BCUT2D eigenvalue weighted by molar-refractivity contribution is -0.151. The summed E-state index contributed by atoms with van der Waals surface area (Å²) >= 11 is 0. The third kappa shape index (κ3) is 9.49. The van der Waals surface area contributed by atoms with E-state index in [4.69, 9.17) is 34.0 Å². The molecule has 5 aromatic rings. The van der Waals surface area contributed by atoms with E-state index in [9.17, 15) is 4.79 Å². The van der Waals surface area contributed by atoms with Crippen LogP contribution < -0.4 is 9.47 Å². The summed E-state index contributed by atoms with van der Waals surface area (Å²) in [6.07, 6.45) is 4.50. The van der Waals surface area contributed by atoms with Crippen LogP contribution in [0.5, 0.6) is 11.6 Å². The van der Waals surface area contributed by atoms with Crippen LogP contribution in [0.25, 0.3) is 39.1 Å². The van der Waals surface area contributed by atoms with Crippen LogP contribution in [0, 0.1) is 5.92 Å². The van der Waals surface area contributed by atoms with E-state index in [1.54, 1.807) is 6.92 Å². The van der Waals surface area contributed by atoms with Crippen LogP contribution >= 0.6 is 0 Å². The Kier molecular flexibility index (Phi) is 12.8. The van der Waals surface area contributed by atoms with Crippen LogP contribution in [0.15, 0.2) is 54.9 Å². The Labute approximate surface area is 326 Å². The van der Waals surface area contributed by atoms with Gasteiger partial charge in [0.1, 0.15) is 6.73 Å². The number of ether oxygens (including phenoxy) is 4. The Bertz CT molecular complexity index is 2050. The average Bonchev–Trinajstić information content (AvgIpc) is 3.71. The summed E-state index contributed by atoms with van der Waals surface area (Å²) in [4.78, 5) is 22.6. The molecule has 0 saturated heterocycles. The maximum atomic E-state index is 15.3. The van der Waals surface area contributed by atoms with Gasteiger partial charge < -0.3 is 18.9 Å². The molecular weight excluding hydrogens is 730 g/mol. The lowest BCUT2D eigenvalue weighted by Crippen LogP contribution is -2.30. The molecule has 1 fully saturated rings. The van der Waals surface area contributed by atoms with Crippen LogP contribution in [0.1, 0.15) is 51.1 Å². The molecule has 296 valence electrons. The normalized spacial score (nSPS) is 17.1. The van der Waals surface area contributed by atoms with Crippen LogP contribution in [0.2, 0.25) is 51.4 Å². The van der Waals surface area contributed by atoms with E-state index in [1.807, 2.05) is 60.2 Å². The average molecular weight is 788 g/mol. The van der Waals surface area contributed by atoms with Gasteiger partial charge >= 0.3 is 5.97 Å². The summed E-state index contributed by atoms with van der Waals surface area (Å²) < 4.78 is 44.0. The summed E-state index contributed by atoms with van der Waals surface area (Å²) in [6.45, 7) is 19.8. The van der Waals surface area contributed by atoms with E-state index in [1.165, 1.54) is 0 Å². The molecule has 0 bridgehead atoms. The van der Waals surface area contributed by atoms with Crippen molar-refractivity contribution in [3.63, 3.8) is 0 Å². The molecule has 1 unspecified atom stereocenters. The van der Waals surface area contributed by atoms with Gasteiger partial charge in [0.2, 0.25) is 5.88 Å². The first-order valence-electron chi connectivity index (χ1n) is 19.9. The number of hydrogen-bond acceptors (Lipinski definition) is 8. The van der Waals surface area contributed by atoms with E-state index in [0.717, 1.165) is 51.2 Å². The number of fused-ring (bicyclic) bond motifs is 3. The summed E-state index contributed by atoms with van der Waals surface area (Å²) in [6, 6.07) is 16.2. The molecule has 0 N–H and O–H groups in total. The van der Waals surface area contributed by atoms with Gasteiger partial charge in [-0.3, -0.25) is 9.55 Å². The van der Waals surface area contributed by atoms with E-state index < -0.39 is 34.2 Å². The minimum Gasteiger partial charge on any atom is -0.488 e. The molecule has 1 aliphatic rings. The van der Waals surface area contributed by atoms with Crippen LogP contribution in [0.4, 0.5) is 4.39 Å². The molecule has 1 atom stereocenters. The van der Waals surface area contributed by atoms with Crippen molar-refractivity contribution in [3.05, 3.63) is 60.6 Å². The van der Waals surface area contributed by atoms with E-state index in [2.05, 4.69) is 49.9 Å². The molecule has 4 heterocycles. The second kappa shape index (κ2) is 17.4. The van der Waals surface area contributed by atoms with Gasteiger partial charge in [0, 0.05) is 57.5 Å². The second-order valence-corrected chi connectivity index (χ2v) is 28.3. The zero-order valence-electron chi connectivity index (χ0n) is 33.9. The van der Waals surface area contributed by atoms with Gasteiger partial charge in [0.05, 0.1) is 42.8 Å². The van der Waals surface area contributed by atoms with Gasteiger partial charge in [-0.2, -0.15) is 9.61 Å². The highest BCUT2D eigenvalue weighted by molar-refractivity contribution is 6.76. The molecule has 1 aromatic carbocycles. The SMILES string of the molecule is CCOC(=O)C(F)C1CCC(c2nc3c(-c4ccc(-c5ccccc5)nc4)cnn3c3c2c(OCC)c(OCC[Si](C)(C)C)n3COCC[Si](C)(C)C)CC1. The molecule has 1 aliphatic carbocycles. The molecule has 6 rings (SSSR count). The van der Waals surface area contributed by atoms with Gasteiger partial charge in [0.15, 0.2) is 23.2 Å². The van der Waals surface area contributed by atoms with E-state index in [-0.39, 0.29) is 19.3 Å². The van der Waals surface area contributed by atoms with Crippen molar-refractivity contribution in [2.45, 2.75) is 110 Å². The monoisotopic (exact) mass is 787 g/mol. The number of aromatic nitrogens is 5. The number of nitrogens with zero attached hydrogens (tertiary/aromatic N) is 5. The zero-order valence-corrected chi connectivity index (χ0v) is 35.9. The van der Waals surface area contributed by atoms with Crippen molar-refractivity contribution in [2.24, 2.45) is 5.92 Å². The second-order valence-electron chi connectivity index (χ2n) is 17.1. The van der Waals surface area contributed by atoms with Crippen molar-refractivity contribution in [2.75, 3.05) is 26.4 Å². The van der Waals surface area contributed by atoms with Crippen LogP contribution in [-0.4, -0.2) is 78.9 Å². The maximum absolute atomic E-state index is 15.3. The van der Waals surface area contributed by atoms with Gasteiger partial charge in [-0.05, 0) is 57.7 Å². The predicted molar refractivity (Wildman–Crippen MR) is 222 cm³/mol. The van der Waals surface area contributed by atoms with Crippen LogP contribution in [0.3, 0.4) is 0 Å². The van der Waals surface area contributed by atoms with Crippen molar-refractivity contribution in [3.8, 4) is 34.0 Å². The Balaban J connectivity index is 1.51. The lowest BCUT2D eigenvalue weighted by Gasteiger charge is -2.29. The highest BCUT2D eigenvalue weighted by Crippen LogP contribution is 2.47. The first-order valence-corrected chi connectivity index (χ1v) is 27.3. The lowest BCUT2D eigenvalue weighted by atomic mass is 9.78. The van der Waals surface area contributed by atoms with Crippen molar-refractivity contribution in [1.82, 2.24) is 24.1 Å². The number of benzene rings is 1. The fraction of sp³-hybridized carbons (Fsp3) is 0.524. The van der Waals surface area contributed by atoms with Crippen LogP contribution in [-0.2, 0) is 21.0 Å². The summed E-state index contributed by atoms with van der Waals surface area (Å²) in [5, 5.41) is 5.81. The fourth-order valence-corrected chi connectivity index (χ4v) is 8.72. The summed E-state index contributed by atoms with van der Waals surface area (Å²) in [5.74, 6) is 0.0647. The summed E-state index contributed by atoms with van der Waals surface area (Å²) in [5.41, 5.74) is 6.01. The molecule has 10 nitrogen and oxygen atoms in total. The van der Waals surface area contributed by atoms with Crippen molar-refractivity contribution < 1.29 is 28.1 Å². The molecular formula is C42H58FN5O5Si2. The van der Waals surface area contributed by atoms with Gasteiger partial charge in [-0.1, -0.05) is 75.7 Å². The number of carbonyl (C=O) groups excluding carboxylic acids is 1. The largest absolute Gasteiger partial charge is 0.488 e. The quantitative estimate of drug-likeness (QED) is 0.0522. The molecule has 0 aliphatic heterocycles. The van der Waals surface area contributed by atoms with Crippen molar-refractivity contribution in [1.29, 1.82) is 0 Å². The maximum Gasteiger partial charge on any atom is 0.341 e. The number of hydrogen-bond donors (Lipinski definition) is 0. The summed E-state index contributed by atoms with van der Waals surface area (Å²) in [7, 11) is -2.78. The number of carbonyl (C=O) groups is 1. The Hall–Kier alpha value is -4.08. The molecule has 13 heteroatoms. The number of pyridine rings is 1. The number of halogens is 1. The standard InChI is InChI=1S/C42H58FN5O5Si2/c1-9-51-38-35-37(31-18-16-30(17-19-31)36(43)42(49)52-10-2)46-39-33(32-20-21-34(44-26-32)29-14-12-11-13-15-29)27-45-48(39)40(35)47(28-50-22-24-54(3,4)5)41(38)53-23-25-55(6,7)8/h11-15,20-21,26-27,30-31,36H,9-10,16-19,22-25,28H2,1-8H3. The minimum atomic E-state index is -1.64. The molecule has 1 saturated carbocycles. The molecule has 0 radical (unpaired) electrons. The third-order valence-corrected chi connectivity index (χ3v) is 13.8. The number of rotatable bonds is 17. The highest BCUT2D eigenvalue weighted by atomic mass is 28.3. The van der Waals surface area contributed by atoms with Gasteiger partial charge in [0.25, 0.3) is 0 Å². The van der Waals surface area contributed by atoms with Crippen molar-refractivity contribution >= 4 is 38.8 Å². The molecule has 0 spiro atoms. The minimum absolute atomic E-state index is 0.0165. The smallest absolute Gasteiger partial charge is 0.341 e. The van der Waals surface area contributed by atoms with Gasteiger partial charge in [-0.15, -0.1) is 0 Å². The molecule has 4 aromatic heterocycles. The number of alkyl halides is 1. The first kappa shape index (κ1) is 40.6. The Morgan fingerprint density at radius 3 is 2.22 bits per heavy atom. The molecule has 55 heavy (non-hydrogen) atoms. The zero-order chi connectivity index (χ0) is 39.3. The van der Waals surface area contributed by atoms with E-state index >= 15 is 4.39 Å². The highest BCUT2D eigenvalue weighted by Gasteiger charge is 2.37. The fourth-order valence-electron chi connectivity index (χ4n) is 7.25. The van der Waals surface area contributed by atoms with Gasteiger partial charge in [-0.25, -0.2) is 14.2 Å². The Morgan fingerprint density at radius 1 is 0.873 bits per heavy atom. The third-order valence-electron chi connectivity index (χ3n) is 10.4.